The molecule has 0 atom stereocenters. The Morgan fingerprint density at radius 3 is 2.50 bits per heavy atom. The van der Waals surface area contributed by atoms with Crippen LogP contribution in [0.1, 0.15) is 42.6 Å². The summed E-state index contributed by atoms with van der Waals surface area (Å²) in [6, 6.07) is 10.0. The Hall–Kier alpha value is -2.16. The second-order valence-corrected chi connectivity index (χ2v) is 10.9. The fraction of sp³-hybridized carbons (Fsp3) is 0.542. The molecule has 1 saturated heterocycles. The molecule has 0 N–H and O–H groups in total. The van der Waals surface area contributed by atoms with Gasteiger partial charge in [0.25, 0.3) is 0 Å². The van der Waals surface area contributed by atoms with Gasteiger partial charge in [-0.25, -0.2) is 12.7 Å². The molecule has 2 aliphatic rings. The zero-order chi connectivity index (χ0) is 22.6. The fourth-order valence-corrected chi connectivity index (χ4v) is 5.53. The molecule has 0 bridgehead atoms. The number of nitrogens with zero attached hydrogens (tertiary/aromatic N) is 2. The predicted octanol–water partition coefficient (Wildman–Crippen LogP) is 3.03. The van der Waals surface area contributed by atoms with E-state index in [0.717, 1.165) is 45.2 Å². The molecule has 0 unspecified atom stereocenters. The second-order valence-electron chi connectivity index (χ2n) is 8.93. The highest BCUT2D eigenvalue weighted by Crippen LogP contribution is 2.22. The molecule has 1 aromatic heterocycles. The average molecular weight is 461 g/mol. The predicted molar refractivity (Wildman–Crippen MR) is 123 cm³/mol. The monoisotopic (exact) mass is 460 g/mol. The summed E-state index contributed by atoms with van der Waals surface area (Å²) in [4.78, 5) is 14.8. The molecule has 32 heavy (non-hydrogen) atoms. The lowest BCUT2D eigenvalue weighted by Crippen LogP contribution is -2.34. The molecular formula is C24H32N2O5S. The van der Waals surface area contributed by atoms with Gasteiger partial charge in [0.05, 0.1) is 19.4 Å². The van der Waals surface area contributed by atoms with E-state index in [1.807, 2.05) is 0 Å². The van der Waals surface area contributed by atoms with Crippen LogP contribution in [0.25, 0.3) is 0 Å². The molecule has 0 saturated carbocycles. The highest BCUT2D eigenvalue weighted by molar-refractivity contribution is 7.88. The number of sulfonamides is 1. The van der Waals surface area contributed by atoms with Gasteiger partial charge in [0.2, 0.25) is 21.2 Å². The Balaban J connectivity index is 1.28. The van der Waals surface area contributed by atoms with Crippen molar-refractivity contribution in [2.24, 2.45) is 5.92 Å². The minimum absolute atomic E-state index is 0.155. The van der Waals surface area contributed by atoms with Crippen molar-refractivity contribution in [2.75, 3.05) is 32.5 Å². The number of fused-ring (bicyclic) bond motifs is 1. The number of hydrogen-bond donors (Lipinski definition) is 0. The molecule has 0 radical (unpaired) electrons. The minimum atomic E-state index is -3.13. The van der Waals surface area contributed by atoms with Gasteiger partial charge in [0.1, 0.15) is 12.0 Å². The lowest BCUT2D eigenvalue weighted by atomic mass is 9.97. The van der Waals surface area contributed by atoms with E-state index in [9.17, 15) is 13.2 Å². The van der Waals surface area contributed by atoms with E-state index in [4.69, 9.17) is 9.15 Å². The standard InChI is InChI=1S/C24H32N2O5S/c1-32(28,29)26-11-4-6-19(7-5-12-26)17-31-24-18-30-22(14-23(24)27)16-25-13-10-20-8-2-3-9-21(20)15-25/h2-3,8-9,14,18-19H,4-7,10-13,15-17H2,1H3. The second kappa shape index (κ2) is 10.2. The van der Waals surface area contributed by atoms with Crippen molar-refractivity contribution in [2.45, 2.75) is 45.2 Å². The SMILES string of the molecule is CS(=O)(=O)N1CCCC(COc2coc(CN3CCc4ccccc4C3)cc2=O)CCC1. The van der Waals surface area contributed by atoms with Gasteiger partial charge in [-0.2, -0.15) is 0 Å². The van der Waals surface area contributed by atoms with Gasteiger partial charge in [0, 0.05) is 32.2 Å². The van der Waals surface area contributed by atoms with Crippen molar-refractivity contribution in [1.29, 1.82) is 0 Å². The van der Waals surface area contributed by atoms with Crippen LogP contribution in [-0.2, 0) is 29.5 Å². The quantitative estimate of drug-likeness (QED) is 0.659. The molecule has 1 aromatic carbocycles. The summed E-state index contributed by atoms with van der Waals surface area (Å²) < 4.78 is 36.6. The lowest BCUT2D eigenvalue weighted by molar-refractivity contribution is 0.198. The first kappa shape index (κ1) is 23.0. The van der Waals surface area contributed by atoms with Gasteiger partial charge in [-0.05, 0) is 49.1 Å². The van der Waals surface area contributed by atoms with Crippen molar-refractivity contribution in [3.05, 3.63) is 63.7 Å². The number of hydrogen-bond acceptors (Lipinski definition) is 6. The van der Waals surface area contributed by atoms with Gasteiger partial charge < -0.3 is 9.15 Å². The molecule has 4 rings (SSSR count). The van der Waals surface area contributed by atoms with Gasteiger partial charge in [-0.3, -0.25) is 9.69 Å². The highest BCUT2D eigenvalue weighted by Gasteiger charge is 2.22. The molecular weight excluding hydrogens is 428 g/mol. The van der Waals surface area contributed by atoms with E-state index in [-0.39, 0.29) is 11.2 Å². The van der Waals surface area contributed by atoms with E-state index in [1.54, 1.807) is 4.31 Å². The first-order valence-corrected chi connectivity index (χ1v) is 13.2. The lowest BCUT2D eigenvalue weighted by Gasteiger charge is -2.28. The van der Waals surface area contributed by atoms with Crippen LogP contribution in [0, 0.1) is 5.92 Å². The normalized spacial score (nSPS) is 19.2. The maximum absolute atomic E-state index is 12.6. The first-order chi connectivity index (χ1) is 15.4. The van der Waals surface area contributed by atoms with E-state index in [1.165, 1.54) is 29.7 Å². The third kappa shape index (κ3) is 5.99. The number of ether oxygens (including phenoxy) is 1. The van der Waals surface area contributed by atoms with Crippen LogP contribution in [0.4, 0.5) is 0 Å². The van der Waals surface area contributed by atoms with Crippen LogP contribution in [-0.4, -0.2) is 50.1 Å². The molecule has 174 valence electrons. The van der Waals surface area contributed by atoms with Crippen molar-refractivity contribution < 1.29 is 17.6 Å². The molecule has 0 amide bonds. The zero-order valence-electron chi connectivity index (χ0n) is 18.7. The van der Waals surface area contributed by atoms with Crippen LogP contribution >= 0.6 is 0 Å². The maximum atomic E-state index is 12.6. The smallest absolute Gasteiger partial charge is 0.227 e. The van der Waals surface area contributed by atoms with Crippen molar-refractivity contribution in [1.82, 2.24) is 9.21 Å². The van der Waals surface area contributed by atoms with E-state index >= 15 is 0 Å². The molecule has 0 spiro atoms. The summed E-state index contributed by atoms with van der Waals surface area (Å²) in [6.07, 6.45) is 7.07. The average Bonchev–Trinajstić information content (AvgIpc) is 2.73. The van der Waals surface area contributed by atoms with Gasteiger partial charge in [-0.1, -0.05) is 24.3 Å². The Kier molecular flexibility index (Phi) is 7.33. The van der Waals surface area contributed by atoms with E-state index < -0.39 is 10.0 Å². The third-order valence-corrected chi connectivity index (χ3v) is 7.73. The van der Waals surface area contributed by atoms with E-state index in [2.05, 4.69) is 29.2 Å². The summed E-state index contributed by atoms with van der Waals surface area (Å²) in [7, 11) is -3.13. The van der Waals surface area contributed by atoms with Crippen LogP contribution in [0.3, 0.4) is 0 Å². The van der Waals surface area contributed by atoms with E-state index in [0.29, 0.717) is 37.9 Å². The van der Waals surface area contributed by atoms with Gasteiger partial charge in [-0.15, -0.1) is 0 Å². The van der Waals surface area contributed by atoms with Crippen LogP contribution in [0.2, 0.25) is 0 Å². The largest absolute Gasteiger partial charge is 0.486 e. The molecule has 8 heteroatoms. The summed E-state index contributed by atoms with van der Waals surface area (Å²) in [6.45, 7) is 3.95. The molecule has 0 aliphatic carbocycles. The third-order valence-electron chi connectivity index (χ3n) is 6.42. The van der Waals surface area contributed by atoms with Crippen molar-refractivity contribution in [3.8, 4) is 5.75 Å². The maximum Gasteiger partial charge on any atom is 0.227 e. The minimum Gasteiger partial charge on any atom is -0.486 e. The van der Waals surface area contributed by atoms with Crippen LogP contribution in [0.5, 0.6) is 5.75 Å². The molecule has 2 aromatic rings. The van der Waals surface area contributed by atoms with Crippen molar-refractivity contribution in [3.63, 3.8) is 0 Å². The fourth-order valence-electron chi connectivity index (χ4n) is 4.61. The summed E-state index contributed by atoms with van der Waals surface area (Å²) in [5, 5.41) is 0. The Morgan fingerprint density at radius 2 is 1.81 bits per heavy atom. The molecule has 3 heterocycles. The summed E-state index contributed by atoms with van der Waals surface area (Å²) in [5.41, 5.74) is 2.57. The van der Waals surface area contributed by atoms with Gasteiger partial charge >= 0.3 is 0 Å². The zero-order valence-corrected chi connectivity index (χ0v) is 19.5. The number of rotatable bonds is 6. The number of benzene rings is 1. The molecule has 2 aliphatic heterocycles. The summed E-state index contributed by atoms with van der Waals surface area (Å²) >= 11 is 0. The van der Waals surface area contributed by atoms with Crippen LogP contribution < -0.4 is 10.2 Å². The van der Waals surface area contributed by atoms with Crippen molar-refractivity contribution >= 4 is 10.0 Å². The molecule has 1 fully saturated rings. The van der Waals surface area contributed by atoms with Crippen LogP contribution in [0.15, 0.2) is 45.8 Å². The Bertz CT molecular complexity index is 1070. The molecule has 7 nitrogen and oxygen atoms in total. The van der Waals surface area contributed by atoms with Gasteiger partial charge in [0.15, 0.2) is 0 Å². The first-order valence-electron chi connectivity index (χ1n) is 11.4. The highest BCUT2D eigenvalue weighted by atomic mass is 32.2. The Morgan fingerprint density at radius 1 is 1.09 bits per heavy atom. The topological polar surface area (TPSA) is 80.1 Å². The summed E-state index contributed by atoms with van der Waals surface area (Å²) in [5.74, 6) is 1.20. The Labute approximate surface area is 190 Å².